The summed E-state index contributed by atoms with van der Waals surface area (Å²) < 4.78 is 5.68. The van der Waals surface area contributed by atoms with Crippen LogP contribution in [-0.4, -0.2) is 19.7 Å². The van der Waals surface area contributed by atoms with Gasteiger partial charge in [0.15, 0.2) is 0 Å². The minimum atomic E-state index is 0.720. The van der Waals surface area contributed by atoms with Gasteiger partial charge in [-0.05, 0) is 36.6 Å². The van der Waals surface area contributed by atoms with Crippen molar-refractivity contribution in [3.63, 3.8) is 0 Å². The maximum Gasteiger partial charge on any atom is 0.125 e. The molecule has 2 heteroatoms. The average molecular weight is 219 g/mol. The highest BCUT2D eigenvalue weighted by Gasteiger charge is 2.14. The molecule has 1 aromatic rings. The van der Waals surface area contributed by atoms with Crippen molar-refractivity contribution in [2.24, 2.45) is 5.92 Å². The van der Waals surface area contributed by atoms with Crippen LogP contribution in [0.5, 0.6) is 5.75 Å². The van der Waals surface area contributed by atoms with Gasteiger partial charge in [0, 0.05) is 6.42 Å². The third-order valence-corrected chi connectivity index (χ3v) is 2.92. The molecule has 0 aromatic heterocycles. The molecule has 0 fully saturated rings. The zero-order valence-electron chi connectivity index (χ0n) is 10.3. The monoisotopic (exact) mass is 219 g/mol. The first-order chi connectivity index (χ1) is 7.77. The molecule has 1 aromatic carbocycles. The van der Waals surface area contributed by atoms with Gasteiger partial charge in [-0.15, -0.1) is 0 Å². The van der Waals surface area contributed by atoms with Gasteiger partial charge in [-0.2, -0.15) is 0 Å². The number of rotatable bonds is 5. The maximum atomic E-state index is 5.68. The van der Waals surface area contributed by atoms with Gasteiger partial charge < -0.3 is 10.1 Å². The highest BCUT2D eigenvalue weighted by atomic mass is 16.5. The van der Waals surface area contributed by atoms with E-state index in [9.17, 15) is 0 Å². The van der Waals surface area contributed by atoms with Gasteiger partial charge in [-0.3, -0.25) is 0 Å². The van der Waals surface area contributed by atoms with Crippen LogP contribution in [-0.2, 0) is 12.8 Å². The quantitative estimate of drug-likeness (QED) is 0.768. The highest BCUT2D eigenvalue weighted by molar-refractivity contribution is 5.44. The molecule has 0 spiro atoms. The number of ether oxygens (including phenoxy) is 1. The number of fused-ring (bicyclic) bond motifs is 1. The summed E-state index contributed by atoms with van der Waals surface area (Å²) in [5.41, 5.74) is 2.73. The minimum Gasteiger partial charge on any atom is -0.493 e. The van der Waals surface area contributed by atoms with Crippen LogP contribution >= 0.6 is 0 Å². The van der Waals surface area contributed by atoms with Crippen LogP contribution in [0.15, 0.2) is 18.2 Å². The summed E-state index contributed by atoms with van der Waals surface area (Å²) >= 11 is 0. The van der Waals surface area contributed by atoms with E-state index >= 15 is 0 Å². The third-order valence-electron chi connectivity index (χ3n) is 2.92. The van der Waals surface area contributed by atoms with Crippen LogP contribution in [0.2, 0.25) is 0 Å². The Hall–Kier alpha value is -1.02. The summed E-state index contributed by atoms with van der Waals surface area (Å²) in [6, 6.07) is 6.50. The molecule has 0 saturated heterocycles. The Morgan fingerprint density at radius 1 is 1.38 bits per heavy atom. The van der Waals surface area contributed by atoms with E-state index in [0.717, 1.165) is 44.2 Å². The van der Waals surface area contributed by atoms with Crippen molar-refractivity contribution in [2.45, 2.75) is 26.7 Å². The lowest BCUT2D eigenvalue weighted by Gasteiger charge is -2.10. The normalized spacial score (nSPS) is 13.9. The average Bonchev–Trinajstić information content (AvgIpc) is 2.72. The van der Waals surface area contributed by atoms with Crippen LogP contribution in [0, 0.1) is 5.92 Å². The Labute approximate surface area is 98.0 Å². The van der Waals surface area contributed by atoms with Crippen molar-refractivity contribution in [1.82, 2.24) is 5.32 Å². The van der Waals surface area contributed by atoms with Gasteiger partial charge in [-0.1, -0.05) is 32.0 Å². The second-order valence-corrected chi connectivity index (χ2v) is 4.85. The van der Waals surface area contributed by atoms with E-state index in [0.29, 0.717) is 0 Å². The minimum absolute atomic E-state index is 0.720. The fourth-order valence-corrected chi connectivity index (χ4v) is 2.09. The standard InChI is InChI=1S/C14H21NO/c1-11(2)10-15-8-6-12-4-3-5-13-7-9-16-14(12)13/h3-5,11,15H,6-10H2,1-2H3. The van der Waals surface area contributed by atoms with Crippen molar-refractivity contribution in [2.75, 3.05) is 19.7 Å². The van der Waals surface area contributed by atoms with E-state index in [-0.39, 0.29) is 0 Å². The molecule has 0 saturated carbocycles. The zero-order valence-corrected chi connectivity index (χ0v) is 10.3. The van der Waals surface area contributed by atoms with Crippen molar-refractivity contribution >= 4 is 0 Å². The fraction of sp³-hybridized carbons (Fsp3) is 0.571. The molecule has 16 heavy (non-hydrogen) atoms. The summed E-state index contributed by atoms with van der Waals surface area (Å²) in [5, 5.41) is 3.47. The highest BCUT2D eigenvalue weighted by Crippen LogP contribution is 2.29. The van der Waals surface area contributed by atoms with Crippen molar-refractivity contribution in [1.29, 1.82) is 0 Å². The van der Waals surface area contributed by atoms with Crippen LogP contribution in [0.25, 0.3) is 0 Å². The first-order valence-electron chi connectivity index (χ1n) is 6.21. The van der Waals surface area contributed by atoms with Gasteiger partial charge in [0.2, 0.25) is 0 Å². The molecule has 88 valence electrons. The van der Waals surface area contributed by atoms with E-state index in [2.05, 4.69) is 37.4 Å². The molecular weight excluding hydrogens is 198 g/mol. The molecule has 2 rings (SSSR count). The number of para-hydroxylation sites is 1. The van der Waals surface area contributed by atoms with E-state index < -0.39 is 0 Å². The molecule has 1 aliphatic heterocycles. The van der Waals surface area contributed by atoms with Crippen molar-refractivity contribution < 1.29 is 4.74 Å². The van der Waals surface area contributed by atoms with E-state index in [1.54, 1.807) is 0 Å². The first kappa shape index (κ1) is 11.5. The van der Waals surface area contributed by atoms with E-state index in [4.69, 9.17) is 4.74 Å². The van der Waals surface area contributed by atoms with Gasteiger partial charge >= 0.3 is 0 Å². The summed E-state index contributed by atoms with van der Waals surface area (Å²) in [7, 11) is 0. The Morgan fingerprint density at radius 3 is 3.06 bits per heavy atom. The van der Waals surface area contributed by atoms with Crippen LogP contribution < -0.4 is 10.1 Å². The SMILES string of the molecule is CC(C)CNCCc1cccc2c1OCC2. The predicted molar refractivity (Wildman–Crippen MR) is 67.1 cm³/mol. The summed E-state index contributed by atoms with van der Waals surface area (Å²) in [6.45, 7) is 7.45. The Bertz CT molecular complexity index is 347. The van der Waals surface area contributed by atoms with Gasteiger partial charge in [0.25, 0.3) is 0 Å². The largest absolute Gasteiger partial charge is 0.493 e. The molecule has 0 amide bonds. The summed E-state index contributed by atoms with van der Waals surface area (Å²) in [5.74, 6) is 1.87. The molecule has 0 aliphatic carbocycles. The van der Waals surface area contributed by atoms with Crippen LogP contribution in [0.4, 0.5) is 0 Å². The molecule has 0 atom stereocenters. The molecule has 0 radical (unpaired) electrons. The van der Waals surface area contributed by atoms with Gasteiger partial charge in [0.1, 0.15) is 5.75 Å². The topological polar surface area (TPSA) is 21.3 Å². The lowest BCUT2D eigenvalue weighted by Crippen LogP contribution is -2.22. The molecular formula is C14H21NO. The second-order valence-electron chi connectivity index (χ2n) is 4.85. The van der Waals surface area contributed by atoms with E-state index in [1.165, 1.54) is 11.1 Å². The Morgan fingerprint density at radius 2 is 2.25 bits per heavy atom. The summed E-state index contributed by atoms with van der Waals surface area (Å²) in [6.07, 6.45) is 2.14. The molecule has 1 aliphatic rings. The zero-order chi connectivity index (χ0) is 11.4. The smallest absolute Gasteiger partial charge is 0.125 e. The molecule has 0 bridgehead atoms. The molecule has 1 N–H and O–H groups in total. The number of hydrogen-bond acceptors (Lipinski definition) is 2. The Kier molecular flexibility index (Phi) is 3.83. The number of nitrogens with one attached hydrogen (secondary N) is 1. The summed E-state index contributed by atoms with van der Waals surface area (Å²) in [4.78, 5) is 0. The van der Waals surface area contributed by atoms with E-state index in [1.807, 2.05) is 0 Å². The lowest BCUT2D eigenvalue weighted by molar-refractivity contribution is 0.353. The molecule has 1 heterocycles. The number of hydrogen-bond donors (Lipinski definition) is 1. The maximum absolute atomic E-state index is 5.68. The first-order valence-corrected chi connectivity index (χ1v) is 6.21. The third kappa shape index (κ3) is 2.76. The Balaban J connectivity index is 1.88. The second kappa shape index (κ2) is 5.35. The predicted octanol–water partition coefficient (Wildman–Crippen LogP) is 2.41. The lowest BCUT2D eigenvalue weighted by atomic mass is 10.1. The number of benzene rings is 1. The van der Waals surface area contributed by atoms with Gasteiger partial charge in [0.05, 0.1) is 6.61 Å². The molecule has 0 unspecified atom stereocenters. The van der Waals surface area contributed by atoms with Crippen molar-refractivity contribution in [3.05, 3.63) is 29.3 Å². The fourth-order valence-electron chi connectivity index (χ4n) is 2.09. The van der Waals surface area contributed by atoms with Crippen molar-refractivity contribution in [3.8, 4) is 5.75 Å². The van der Waals surface area contributed by atoms with Crippen LogP contribution in [0.3, 0.4) is 0 Å². The van der Waals surface area contributed by atoms with Crippen LogP contribution in [0.1, 0.15) is 25.0 Å². The van der Waals surface area contributed by atoms with Gasteiger partial charge in [-0.25, -0.2) is 0 Å². The molecule has 2 nitrogen and oxygen atoms in total.